The number of hydrogen-bond acceptors (Lipinski definition) is 1. The summed E-state index contributed by atoms with van der Waals surface area (Å²) >= 11 is 0. The Bertz CT molecular complexity index is 178. The summed E-state index contributed by atoms with van der Waals surface area (Å²) in [6, 6.07) is 0. The molecule has 2 nitrogen and oxygen atoms in total. The molecule has 0 heterocycles. The Labute approximate surface area is 61.7 Å². The minimum absolute atomic E-state index is 0.376. The lowest BCUT2D eigenvalue weighted by atomic mass is 10.00. The first-order valence-corrected chi connectivity index (χ1v) is 3.87. The van der Waals surface area contributed by atoms with Gasteiger partial charge in [0.05, 0.1) is 6.34 Å². The molecule has 0 aromatic carbocycles. The van der Waals surface area contributed by atoms with E-state index in [1.54, 1.807) is 0 Å². The maximum Gasteiger partial charge on any atom is 0.0819 e. The predicted octanol–water partition coefficient (Wildman–Crippen LogP) is 1.18. The fourth-order valence-electron chi connectivity index (χ4n) is 2.58. The highest BCUT2D eigenvalue weighted by atomic mass is 15.3. The van der Waals surface area contributed by atoms with Gasteiger partial charge in [0.2, 0.25) is 0 Å². The molecular weight excluding hydrogens is 124 g/mol. The average Bonchev–Trinajstić information content (AvgIpc) is 2.76. The zero-order chi connectivity index (χ0) is 7.52. The van der Waals surface area contributed by atoms with Gasteiger partial charge in [0.1, 0.15) is 0 Å². The number of nitrogens with zero attached hydrogens (tertiary/aromatic N) is 1. The smallest absolute Gasteiger partial charge is 0.0819 e. The molecule has 0 amide bonds. The molecule has 10 heavy (non-hydrogen) atoms. The van der Waals surface area contributed by atoms with Gasteiger partial charge in [0, 0.05) is 12.6 Å². The quantitative estimate of drug-likeness (QED) is 0.450. The standard InChI is InChI=1S/C8H14N2/c1-5-6-7(5)8(6,2)10(3)4-9/h4-7,9H,1-3H3. The van der Waals surface area contributed by atoms with Crippen LogP contribution >= 0.6 is 0 Å². The van der Waals surface area contributed by atoms with Crippen molar-refractivity contribution in [3.63, 3.8) is 0 Å². The van der Waals surface area contributed by atoms with Crippen LogP contribution in [0.3, 0.4) is 0 Å². The van der Waals surface area contributed by atoms with Crippen molar-refractivity contribution in [3.8, 4) is 0 Å². The third-order valence-corrected chi connectivity index (χ3v) is 3.57. The summed E-state index contributed by atoms with van der Waals surface area (Å²) in [5.41, 5.74) is 0.376. The Morgan fingerprint density at radius 1 is 1.50 bits per heavy atom. The number of nitrogens with one attached hydrogen (secondary N) is 1. The second-order valence-corrected chi connectivity index (χ2v) is 3.88. The Balaban J connectivity index is 2.03. The van der Waals surface area contributed by atoms with Crippen LogP contribution in [-0.2, 0) is 0 Å². The summed E-state index contributed by atoms with van der Waals surface area (Å²) in [5, 5.41) is 7.08. The third-order valence-electron chi connectivity index (χ3n) is 3.57. The molecule has 2 fully saturated rings. The topological polar surface area (TPSA) is 27.1 Å². The minimum atomic E-state index is 0.376. The van der Waals surface area contributed by atoms with Gasteiger partial charge >= 0.3 is 0 Å². The van der Waals surface area contributed by atoms with Crippen LogP contribution in [0.25, 0.3) is 0 Å². The van der Waals surface area contributed by atoms with Gasteiger partial charge in [-0.3, -0.25) is 5.41 Å². The van der Waals surface area contributed by atoms with Crippen molar-refractivity contribution >= 4 is 6.34 Å². The van der Waals surface area contributed by atoms with Crippen molar-refractivity contribution < 1.29 is 0 Å². The molecule has 0 saturated heterocycles. The second kappa shape index (κ2) is 1.39. The maximum atomic E-state index is 7.08. The van der Waals surface area contributed by atoms with E-state index in [2.05, 4.69) is 13.8 Å². The molecule has 2 atom stereocenters. The van der Waals surface area contributed by atoms with Crippen LogP contribution < -0.4 is 0 Å². The Hall–Kier alpha value is -0.530. The van der Waals surface area contributed by atoms with E-state index in [9.17, 15) is 0 Å². The van der Waals surface area contributed by atoms with Crippen molar-refractivity contribution in [2.45, 2.75) is 19.4 Å². The van der Waals surface area contributed by atoms with E-state index in [4.69, 9.17) is 5.41 Å². The van der Waals surface area contributed by atoms with Crippen LogP contribution in [0, 0.1) is 23.2 Å². The van der Waals surface area contributed by atoms with E-state index in [1.807, 2.05) is 11.9 Å². The lowest BCUT2D eigenvalue weighted by molar-refractivity contribution is 0.256. The lowest BCUT2D eigenvalue weighted by Gasteiger charge is -2.29. The first-order chi connectivity index (χ1) is 4.64. The van der Waals surface area contributed by atoms with Gasteiger partial charge in [0.15, 0.2) is 0 Å². The molecule has 0 radical (unpaired) electrons. The van der Waals surface area contributed by atoms with Gasteiger partial charge in [0.25, 0.3) is 0 Å². The number of fused-ring (bicyclic) bond motifs is 1. The van der Waals surface area contributed by atoms with Crippen LogP contribution in [0.4, 0.5) is 0 Å². The van der Waals surface area contributed by atoms with Gasteiger partial charge in [-0.15, -0.1) is 0 Å². The van der Waals surface area contributed by atoms with Gasteiger partial charge < -0.3 is 4.90 Å². The summed E-state index contributed by atoms with van der Waals surface area (Å²) in [4.78, 5) is 2.04. The molecule has 2 aliphatic rings. The molecule has 1 N–H and O–H groups in total. The zero-order valence-corrected chi connectivity index (χ0v) is 6.76. The van der Waals surface area contributed by atoms with Crippen molar-refractivity contribution in [2.75, 3.05) is 7.05 Å². The van der Waals surface area contributed by atoms with Crippen molar-refractivity contribution in [1.29, 1.82) is 5.41 Å². The fraction of sp³-hybridized carbons (Fsp3) is 0.875. The molecule has 2 saturated carbocycles. The highest BCUT2D eigenvalue weighted by molar-refractivity contribution is 5.56. The lowest BCUT2D eigenvalue weighted by Crippen LogP contribution is -2.38. The molecule has 0 aromatic heterocycles. The summed E-state index contributed by atoms with van der Waals surface area (Å²) in [5.74, 6) is 2.74. The van der Waals surface area contributed by atoms with Gasteiger partial charge in [-0.25, -0.2) is 0 Å². The number of rotatable bonds is 2. The van der Waals surface area contributed by atoms with Gasteiger partial charge in [-0.2, -0.15) is 0 Å². The molecule has 2 heteroatoms. The van der Waals surface area contributed by atoms with Crippen molar-refractivity contribution in [2.24, 2.45) is 17.8 Å². The van der Waals surface area contributed by atoms with Crippen molar-refractivity contribution in [1.82, 2.24) is 4.90 Å². The van der Waals surface area contributed by atoms with E-state index >= 15 is 0 Å². The molecule has 2 aliphatic carbocycles. The van der Waals surface area contributed by atoms with Crippen LogP contribution in [0.1, 0.15) is 13.8 Å². The zero-order valence-electron chi connectivity index (χ0n) is 6.76. The summed E-state index contributed by atoms with van der Waals surface area (Å²) in [7, 11) is 2.01. The van der Waals surface area contributed by atoms with Crippen LogP contribution in [0.15, 0.2) is 0 Å². The van der Waals surface area contributed by atoms with E-state index in [0.717, 1.165) is 17.8 Å². The van der Waals surface area contributed by atoms with Crippen LogP contribution in [0.5, 0.6) is 0 Å². The maximum absolute atomic E-state index is 7.08. The van der Waals surface area contributed by atoms with Crippen LogP contribution in [0.2, 0.25) is 0 Å². The monoisotopic (exact) mass is 138 g/mol. The van der Waals surface area contributed by atoms with E-state index in [1.165, 1.54) is 6.34 Å². The first-order valence-electron chi connectivity index (χ1n) is 3.87. The van der Waals surface area contributed by atoms with Gasteiger partial charge in [-0.1, -0.05) is 6.92 Å². The summed E-state index contributed by atoms with van der Waals surface area (Å²) in [6.07, 6.45) is 1.44. The summed E-state index contributed by atoms with van der Waals surface area (Å²) in [6.45, 7) is 4.56. The highest BCUT2D eigenvalue weighted by Gasteiger charge is 2.80. The van der Waals surface area contributed by atoms with E-state index in [0.29, 0.717) is 5.54 Å². The third kappa shape index (κ3) is 0.414. The molecule has 0 aliphatic heterocycles. The Morgan fingerprint density at radius 3 is 2.30 bits per heavy atom. The molecule has 56 valence electrons. The largest absolute Gasteiger partial charge is 0.360 e. The normalized spacial score (nSPS) is 55.3. The SMILES string of the molecule is CC1C2C1C2(C)N(C)C=N. The minimum Gasteiger partial charge on any atom is -0.360 e. The highest BCUT2D eigenvalue weighted by Crippen LogP contribution is 2.77. The summed E-state index contributed by atoms with van der Waals surface area (Å²) < 4.78 is 0. The Kier molecular flexibility index (Phi) is 0.859. The molecule has 0 spiro atoms. The number of hydrogen-bond donors (Lipinski definition) is 1. The first kappa shape index (κ1) is 6.20. The molecular formula is C8H14N2. The Morgan fingerprint density at radius 2 is 2.00 bits per heavy atom. The predicted molar refractivity (Wildman–Crippen MR) is 41.1 cm³/mol. The van der Waals surface area contributed by atoms with Crippen LogP contribution in [-0.4, -0.2) is 23.8 Å². The molecule has 0 aromatic rings. The molecule has 0 bridgehead atoms. The van der Waals surface area contributed by atoms with E-state index in [-0.39, 0.29) is 0 Å². The van der Waals surface area contributed by atoms with E-state index < -0.39 is 0 Å². The second-order valence-electron chi connectivity index (χ2n) is 3.88. The average molecular weight is 138 g/mol. The molecule has 2 unspecified atom stereocenters. The fourth-order valence-corrected chi connectivity index (χ4v) is 2.58. The molecule has 2 rings (SSSR count). The van der Waals surface area contributed by atoms with Gasteiger partial charge in [-0.05, 0) is 24.7 Å². The van der Waals surface area contributed by atoms with Crippen molar-refractivity contribution in [3.05, 3.63) is 0 Å².